The topological polar surface area (TPSA) is 87.1 Å². The maximum atomic E-state index is 11.1. The van der Waals surface area contributed by atoms with E-state index in [1.165, 1.54) is 0 Å². The van der Waals surface area contributed by atoms with Crippen LogP contribution in [0.25, 0.3) is 10.9 Å². The summed E-state index contributed by atoms with van der Waals surface area (Å²) in [5.41, 5.74) is 1.65. The van der Waals surface area contributed by atoms with Crippen LogP contribution >= 0.6 is 0 Å². The van der Waals surface area contributed by atoms with Crippen LogP contribution in [0.2, 0.25) is 0 Å². The highest BCUT2D eigenvalue weighted by atomic mass is 16.4. The van der Waals surface area contributed by atoms with Crippen LogP contribution in [-0.2, 0) is 0 Å². The highest BCUT2D eigenvalue weighted by molar-refractivity contribution is 5.91. The van der Waals surface area contributed by atoms with Crippen LogP contribution in [0.5, 0.6) is 0 Å². The van der Waals surface area contributed by atoms with Gasteiger partial charge in [-0.05, 0) is 44.2 Å². The minimum absolute atomic E-state index is 0.210. The summed E-state index contributed by atoms with van der Waals surface area (Å²) in [7, 11) is 0. The molecule has 3 N–H and O–H groups in total. The van der Waals surface area contributed by atoms with Crippen molar-refractivity contribution in [2.75, 3.05) is 10.6 Å². The number of hydrogen-bond acceptors (Lipinski definition) is 5. The molecule has 122 valence electrons. The maximum Gasteiger partial charge on any atom is 0.335 e. The molecule has 0 amide bonds. The number of carboxylic acids is 1. The van der Waals surface area contributed by atoms with Gasteiger partial charge in [0.2, 0.25) is 5.95 Å². The van der Waals surface area contributed by atoms with Crippen molar-refractivity contribution in [2.24, 2.45) is 0 Å². The molecule has 0 aliphatic heterocycles. The number of fused-ring (bicyclic) bond motifs is 1. The molecule has 0 saturated heterocycles. The van der Waals surface area contributed by atoms with Crippen LogP contribution in [0.1, 0.15) is 24.2 Å². The monoisotopic (exact) mass is 322 g/mol. The van der Waals surface area contributed by atoms with Crippen molar-refractivity contribution in [3.05, 3.63) is 54.1 Å². The van der Waals surface area contributed by atoms with Crippen molar-refractivity contribution >= 4 is 34.3 Å². The number of aromatic nitrogens is 2. The first-order valence-electron chi connectivity index (χ1n) is 7.66. The van der Waals surface area contributed by atoms with E-state index in [0.29, 0.717) is 11.6 Å². The van der Waals surface area contributed by atoms with Gasteiger partial charge in [0.1, 0.15) is 5.82 Å². The van der Waals surface area contributed by atoms with Gasteiger partial charge in [-0.25, -0.2) is 9.78 Å². The van der Waals surface area contributed by atoms with E-state index < -0.39 is 5.97 Å². The highest BCUT2D eigenvalue weighted by Crippen LogP contribution is 2.24. The van der Waals surface area contributed by atoms with E-state index in [-0.39, 0.29) is 11.6 Å². The lowest BCUT2D eigenvalue weighted by molar-refractivity contribution is 0.0697. The second-order valence-electron chi connectivity index (χ2n) is 5.72. The van der Waals surface area contributed by atoms with Crippen LogP contribution in [-0.4, -0.2) is 27.1 Å². The number of aromatic carboxylic acids is 1. The fourth-order valence-electron chi connectivity index (χ4n) is 2.38. The summed E-state index contributed by atoms with van der Waals surface area (Å²) in [6.07, 6.45) is 0. The summed E-state index contributed by atoms with van der Waals surface area (Å²) in [6.45, 7) is 4.08. The molecule has 1 aromatic heterocycles. The number of nitrogens with one attached hydrogen (secondary N) is 2. The summed E-state index contributed by atoms with van der Waals surface area (Å²) in [4.78, 5) is 20.1. The largest absolute Gasteiger partial charge is 0.478 e. The molecular weight excluding hydrogens is 304 g/mol. The van der Waals surface area contributed by atoms with E-state index >= 15 is 0 Å². The summed E-state index contributed by atoms with van der Waals surface area (Å²) >= 11 is 0. The fourth-order valence-corrected chi connectivity index (χ4v) is 2.38. The van der Waals surface area contributed by atoms with Gasteiger partial charge >= 0.3 is 5.97 Å². The molecule has 0 saturated carbocycles. The van der Waals surface area contributed by atoms with E-state index in [1.807, 2.05) is 38.1 Å². The van der Waals surface area contributed by atoms with Crippen molar-refractivity contribution < 1.29 is 9.90 Å². The molecule has 0 radical (unpaired) electrons. The van der Waals surface area contributed by atoms with E-state index in [9.17, 15) is 4.79 Å². The van der Waals surface area contributed by atoms with Gasteiger partial charge in [-0.2, -0.15) is 4.98 Å². The predicted molar refractivity (Wildman–Crippen MR) is 95.0 cm³/mol. The molecule has 1 heterocycles. The van der Waals surface area contributed by atoms with Gasteiger partial charge in [0.05, 0.1) is 11.1 Å². The molecule has 3 rings (SSSR count). The van der Waals surface area contributed by atoms with Gasteiger partial charge in [-0.3, -0.25) is 0 Å². The molecule has 0 spiro atoms. The first-order chi connectivity index (χ1) is 11.5. The Bertz CT molecular complexity index is 893. The molecule has 0 aliphatic rings. The van der Waals surface area contributed by atoms with Gasteiger partial charge in [-0.1, -0.05) is 18.2 Å². The zero-order valence-corrected chi connectivity index (χ0v) is 13.4. The maximum absolute atomic E-state index is 11.1. The Kier molecular flexibility index (Phi) is 4.29. The standard InChI is InChI=1S/C18H18N4O2/c1-11(2)19-16-14-8-3-4-9-15(14)21-18(22-16)20-13-7-5-6-12(10-13)17(23)24/h3-11H,1-2H3,(H,23,24)(H2,19,20,21,22). The molecule has 24 heavy (non-hydrogen) atoms. The average molecular weight is 322 g/mol. The Morgan fingerprint density at radius 2 is 1.88 bits per heavy atom. The van der Waals surface area contributed by atoms with Crippen molar-refractivity contribution in [1.29, 1.82) is 0 Å². The number of rotatable bonds is 5. The number of nitrogens with zero attached hydrogens (tertiary/aromatic N) is 2. The normalized spacial score (nSPS) is 10.8. The molecule has 6 heteroatoms. The second kappa shape index (κ2) is 6.54. The van der Waals surface area contributed by atoms with Crippen molar-refractivity contribution in [3.8, 4) is 0 Å². The number of anilines is 3. The fraction of sp³-hybridized carbons (Fsp3) is 0.167. The van der Waals surface area contributed by atoms with Crippen LogP contribution in [0, 0.1) is 0 Å². The molecule has 0 fully saturated rings. The van der Waals surface area contributed by atoms with Gasteiger partial charge in [-0.15, -0.1) is 0 Å². The van der Waals surface area contributed by atoms with Crippen LogP contribution < -0.4 is 10.6 Å². The number of carbonyl (C=O) groups is 1. The minimum atomic E-state index is -0.972. The van der Waals surface area contributed by atoms with E-state index in [2.05, 4.69) is 20.6 Å². The summed E-state index contributed by atoms with van der Waals surface area (Å²) in [5.74, 6) is 0.187. The third-order valence-electron chi connectivity index (χ3n) is 3.39. The third-order valence-corrected chi connectivity index (χ3v) is 3.39. The summed E-state index contributed by atoms with van der Waals surface area (Å²) < 4.78 is 0. The molecule has 0 atom stereocenters. The first-order valence-corrected chi connectivity index (χ1v) is 7.66. The number of hydrogen-bond donors (Lipinski definition) is 3. The molecule has 0 aliphatic carbocycles. The Labute approximate surface area is 139 Å². The number of carboxylic acid groups (broad SMARTS) is 1. The van der Waals surface area contributed by atoms with Crippen molar-refractivity contribution in [2.45, 2.75) is 19.9 Å². The number of para-hydroxylation sites is 1. The lowest BCUT2D eigenvalue weighted by atomic mass is 10.2. The van der Waals surface area contributed by atoms with Crippen molar-refractivity contribution in [3.63, 3.8) is 0 Å². The molecular formula is C18H18N4O2. The zero-order valence-electron chi connectivity index (χ0n) is 13.4. The molecule has 0 unspecified atom stereocenters. The van der Waals surface area contributed by atoms with Gasteiger partial charge < -0.3 is 15.7 Å². The van der Waals surface area contributed by atoms with Crippen LogP contribution in [0.15, 0.2) is 48.5 Å². The van der Waals surface area contributed by atoms with E-state index in [1.54, 1.807) is 24.3 Å². The highest BCUT2D eigenvalue weighted by Gasteiger charge is 2.09. The lowest BCUT2D eigenvalue weighted by Crippen LogP contribution is -2.12. The second-order valence-corrected chi connectivity index (χ2v) is 5.72. The van der Waals surface area contributed by atoms with Gasteiger partial charge in [0.15, 0.2) is 0 Å². The average Bonchev–Trinajstić information content (AvgIpc) is 2.54. The molecule has 2 aromatic carbocycles. The van der Waals surface area contributed by atoms with E-state index in [4.69, 9.17) is 5.11 Å². The van der Waals surface area contributed by atoms with Crippen LogP contribution in [0.4, 0.5) is 17.5 Å². The smallest absolute Gasteiger partial charge is 0.335 e. The third kappa shape index (κ3) is 3.43. The lowest BCUT2D eigenvalue weighted by Gasteiger charge is -2.14. The quantitative estimate of drug-likeness (QED) is 0.660. The van der Waals surface area contributed by atoms with Crippen LogP contribution in [0.3, 0.4) is 0 Å². The molecule has 0 bridgehead atoms. The Hall–Kier alpha value is -3.15. The Morgan fingerprint density at radius 1 is 1.08 bits per heavy atom. The summed E-state index contributed by atoms with van der Waals surface area (Å²) in [5, 5.41) is 16.4. The van der Waals surface area contributed by atoms with E-state index in [0.717, 1.165) is 16.7 Å². The molecule has 3 aromatic rings. The molecule has 6 nitrogen and oxygen atoms in total. The Morgan fingerprint density at radius 3 is 2.62 bits per heavy atom. The van der Waals surface area contributed by atoms with Gasteiger partial charge in [0.25, 0.3) is 0 Å². The van der Waals surface area contributed by atoms with Crippen molar-refractivity contribution in [1.82, 2.24) is 9.97 Å². The predicted octanol–water partition coefficient (Wildman–Crippen LogP) is 3.89. The van der Waals surface area contributed by atoms with Gasteiger partial charge in [0, 0.05) is 17.1 Å². The number of benzene rings is 2. The minimum Gasteiger partial charge on any atom is -0.478 e. The SMILES string of the molecule is CC(C)Nc1nc(Nc2cccc(C(=O)O)c2)nc2ccccc12. The first kappa shape index (κ1) is 15.7. The Balaban J connectivity index is 2.00. The summed E-state index contributed by atoms with van der Waals surface area (Å²) in [6, 6.07) is 14.5. The zero-order chi connectivity index (χ0) is 17.1.